The third-order valence-corrected chi connectivity index (χ3v) is 6.83. The van der Waals surface area contributed by atoms with Crippen LogP contribution in [0.15, 0.2) is 28.8 Å². The largest absolute Gasteiger partial charge is 0.345 e. The minimum Gasteiger partial charge on any atom is -0.345 e. The fraction of sp³-hybridized carbons (Fsp3) is 0.615. The van der Waals surface area contributed by atoms with E-state index in [2.05, 4.69) is 58.5 Å². The third kappa shape index (κ3) is 6.23. The summed E-state index contributed by atoms with van der Waals surface area (Å²) >= 11 is 0. The summed E-state index contributed by atoms with van der Waals surface area (Å²) in [5.41, 5.74) is 2.19. The lowest BCUT2D eigenvalue weighted by Gasteiger charge is -2.36. The van der Waals surface area contributed by atoms with Crippen molar-refractivity contribution in [2.75, 3.05) is 26.2 Å². The van der Waals surface area contributed by atoms with Crippen molar-refractivity contribution < 1.29 is 14.1 Å². The quantitative estimate of drug-likeness (QED) is 0.638. The SMILES string of the molecule is CC(=O)N[C@H](CC(C)C)C(=O)N1CCN(Cc2ccc(-c3noc(C4CCCC4)n3)cc2)CC1. The molecule has 1 aliphatic heterocycles. The number of nitrogens with one attached hydrogen (secondary N) is 1. The monoisotopic (exact) mass is 467 g/mol. The van der Waals surface area contributed by atoms with Gasteiger partial charge in [0, 0.05) is 51.1 Å². The first-order valence-electron chi connectivity index (χ1n) is 12.6. The molecule has 4 rings (SSSR count). The Morgan fingerprint density at radius 1 is 1.09 bits per heavy atom. The second kappa shape index (κ2) is 11.1. The van der Waals surface area contributed by atoms with Crippen molar-refractivity contribution in [1.82, 2.24) is 25.3 Å². The first kappa shape index (κ1) is 24.4. The molecule has 2 aliphatic rings. The van der Waals surface area contributed by atoms with Gasteiger partial charge in [0.2, 0.25) is 23.5 Å². The molecule has 1 atom stereocenters. The van der Waals surface area contributed by atoms with Crippen molar-refractivity contribution in [3.63, 3.8) is 0 Å². The highest BCUT2D eigenvalue weighted by molar-refractivity contribution is 5.87. The van der Waals surface area contributed by atoms with E-state index in [0.29, 0.717) is 37.2 Å². The van der Waals surface area contributed by atoms with Crippen LogP contribution in [0, 0.1) is 5.92 Å². The summed E-state index contributed by atoms with van der Waals surface area (Å²) in [6.45, 7) is 9.43. The van der Waals surface area contributed by atoms with Crippen LogP contribution in [0.1, 0.15) is 70.2 Å². The molecule has 1 N–H and O–H groups in total. The first-order valence-corrected chi connectivity index (χ1v) is 12.6. The Bertz CT molecular complexity index is 957. The van der Waals surface area contributed by atoms with E-state index in [4.69, 9.17) is 4.52 Å². The molecule has 1 saturated heterocycles. The average Bonchev–Trinajstić information content (AvgIpc) is 3.51. The number of carbonyl (C=O) groups excluding carboxylic acids is 2. The molecule has 34 heavy (non-hydrogen) atoms. The predicted octanol–water partition coefficient (Wildman–Crippen LogP) is 3.59. The average molecular weight is 468 g/mol. The van der Waals surface area contributed by atoms with Gasteiger partial charge in [-0.3, -0.25) is 14.5 Å². The van der Waals surface area contributed by atoms with Crippen LogP contribution < -0.4 is 5.32 Å². The minimum absolute atomic E-state index is 0.0324. The molecule has 2 aromatic rings. The summed E-state index contributed by atoms with van der Waals surface area (Å²) in [6, 6.07) is 7.92. The van der Waals surface area contributed by atoms with Crippen molar-refractivity contribution in [2.45, 2.75) is 71.4 Å². The van der Waals surface area contributed by atoms with Gasteiger partial charge in [0.25, 0.3) is 0 Å². The second-order valence-electron chi connectivity index (χ2n) is 10.1. The van der Waals surface area contributed by atoms with Crippen LogP contribution in [-0.2, 0) is 16.1 Å². The number of rotatable bonds is 8. The Labute approximate surface area is 202 Å². The van der Waals surface area contributed by atoms with E-state index in [0.717, 1.165) is 43.9 Å². The Hall–Kier alpha value is -2.74. The summed E-state index contributed by atoms with van der Waals surface area (Å²) < 4.78 is 5.52. The van der Waals surface area contributed by atoms with E-state index in [1.165, 1.54) is 25.3 Å². The maximum absolute atomic E-state index is 13.0. The number of hydrogen-bond acceptors (Lipinski definition) is 6. The standard InChI is InChI=1S/C26H37N5O3/c1-18(2)16-23(27-19(3)32)26(33)31-14-12-30(13-15-31)17-20-8-10-21(11-9-20)24-28-25(34-29-24)22-6-4-5-7-22/h8-11,18,22-23H,4-7,12-17H2,1-3H3,(H,27,32)/t23-/m1/s1. The second-order valence-corrected chi connectivity index (χ2v) is 10.1. The third-order valence-electron chi connectivity index (χ3n) is 6.83. The number of amides is 2. The van der Waals surface area contributed by atoms with Gasteiger partial charge >= 0.3 is 0 Å². The van der Waals surface area contributed by atoms with E-state index >= 15 is 0 Å². The molecule has 0 spiro atoms. The summed E-state index contributed by atoms with van der Waals surface area (Å²) in [5.74, 6) is 2.08. The molecule has 1 aromatic carbocycles. The Balaban J connectivity index is 1.28. The van der Waals surface area contributed by atoms with Crippen molar-refractivity contribution >= 4 is 11.8 Å². The summed E-state index contributed by atoms with van der Waals surface area (Å²) in [4.78, 5) is 33.4. The molecule has 8 nitrogen and oxygen atoms in total. The molecule has 0 radical (unpaired) electrons. The fourth-order valence-corrected chi connectivity index (χ4v) is 4.99. The fourth-order valence-electron chi connectivity index (χ4n) is 4.99. The highest BCUT2D eigenvalue weighted by atomic mass is 16.5. The van der Waals surface area contributed by atoms with Gasteiger partial charge in [-0.05, 0) is 30.7 Å². The smallest absolute Gasteiger partial charge is 0.245 e. The highest BCUT2D eigenvalue weighted by Gasteiger charge is 2.28. The van der Waals surface area contributed by atoms with Gasteiger partial charge in [0.1, 0.15) is 6.04 Å². The molecule has 0 unspecified atom stereocenters. The molecule has 2 heterocycles. The lowest BCUT2D eigenvalue weighted by Crippen LogP contribution is -2.54. The van der Waals surface area contributed by atoms with Gasteiger partial charge in [0.15, 0.2) is 0 Å². The van der Waals surface area contributed by atoms with Gasteiger partial charge in [-0.25, -0.2) is 0 Å². The van der Waals surface area contributed by atoms with Crippen LogP contribution in [0.5, 0.6) is 0 Å². The van der Waals surface area contributed by atoms with Crippen molar-refractivity contribution in [1.29, 1.82) is 0 Å². The molecule has 1 aromatic heterocycles. The van der Waals surface area contributed by atoms with Gasteiger partial charge in [-0.1, -0.05) is 56.1 Å². The minimum atomic E-state index is -0.434. The van der Waals surface area contributed by atoms with E-state index in [9.17, 15) is 9.59 Å². The van der Waals surface area contributed by atoms with Crippen LogP contribution >= 0.6 is 0 Å². The molecule has 0 bridgehead atoms. The number of nitrogens with zero attached hydrogens (tertiary/aromatic N) is 4. The van der Waals surface area contributed by atoms with Crippen LogP contribution in [0.25, 0.3) is 11.4 Å². The maximum atomic E-state index is 13.0. The van der Waals surface area contributed by atoms with Crippen molar-refractivity contribution in [2.24, 2.45) is 5.92 Å². The molecule has 184 valence electrons. The maximum Gasteiger partial charge on any atom is 0.245 e. The van der Waals surface area contributed by atoms with Crippen LogP contribution in [0.2, 0.25) is 0 Å². The number of aromatic nitrogens is 2. The van der Waals surface area contributed by atoms with Crippen molar-refractivity contribution in [3.8, 4) is 11.4 Å². The van der Waals surface area contributed by atoms with E-state index in [1.54, 1.807) is 0 Å². The van der Waals surface area contributed by atoms with E-state index < -0.39 is 6.04 Å². The predicted molar refractivity (Wildman–Crippen MR) is 130 cm³/mol. The van der Waals surface area contributed by atoms with E-state index in [1.807, 2.05) is 4.90 Å². The zero-order chi connectivity index (χ0) is 24.1. The van der Waals surface area contributed by atoms with Crippen LogP contribution in [0.4, 0.5) is 0 Å². The Morgan fingerprint density at radius 3 is 2.38 bits per heavy atom. The topological polar surface area (TPSA) is 91.6 Å². The zero-order valence-electron chi connectivity index (χ0n) is 20.6. The number of hydrogen-bond donors (Lipinski definition) is 1. The van der Waals surface area contributed by atoms with E-state index in [-0.39, 0.29) is 11.8 Å². The van der Waals surface area contributed by atoms with Gasteiger partial charge in [-0.2, -0.15) is 4.98 Å². The number of benzene rings is 1. The highest BCUT2D eigenvalue weighted by Crippen LogP contribution is 2.33. The van der Waals surface area contributed by atoms with Crippen LogP contribution in [0.3, 0.4) is 0 Å². The van der Waals surface area contributed by atoms with Gasteiger partial charge in [0.05, 0.1) is 0 Å². The summed E-state index contributed by atoms with van der Waals surface area (Å²) in [7, 11) is 0. The molecule has 1 aliphatic carbocycles. The lowest BCUT2D eigenvalue weighted by atomic mass is 10.0. The molecule has 1 saturated carbocycles. The Morgan fingerprint density at radius 2 is 1.76 bits per heavy atom. The molecule has 2 fully saturated rings. The Kier molecular flexibility index (Phi) is 7.98. The molecular weight excluding hydrogens is 430 g/mol. The lowest BCUT2D eigenvalue weighted by molar-refractivity contribution is -0.138. The normalized spacial score (nSPS) is 18.4. The first-order chi connectivity index (χ1) is 16.4. The number of piperazine rings is 1. The molecule has 8 heteroatoms. The zero-order valence-corrected chi connectivity index (χ0v) is 20.6. The summed E-state index contributed by atoms with van der Waals surface area (Å²) in [5, 5.41) is 7.03. The van der Waals surface area contributed by atoms with Gasteiger partial charge < -0.3 is 14.7 Å². The van der Waals surface area contributed by atoms with Crippen molar-refractivity contribution in [3.05, 3.63) is 35.7 Å². The summed E-state index contributed by atoms with van der Waals surface area (Å²) in [6.07, 6.45) is 5.43. The molecular formula is C26H37N5O3. The number of carbonyl (C=O) groups is 2. The van der Waals surface area contributed by atoms with Gasteiger partial charge in [-0.15, -0.1) is 0 Å². The van der Waals surface area contributed by atoms with Crippen LogP contribution in [-0.4, -0.2) is 64.0 Å². The molecule has 2 amide bonds.